The molecule has 98 valence electrons. The fourth-order valence-corrected chi connectivity index (χ4v) is 1.98. The van der Waals surface area contributed by atoms with Gasteiger partial charge < -0.3 is 10.6 Å². The molecular formula is C16H18N2O. The normalized spacial score (nSPS) is 10.3. The summed E-state index contributed by atoms with van der Waals surface area (Å²) < 4.78 is 0. The molecule has 0 aromatic heterocycles. The molecule has 1 amide bonds. The summed E-state index contributed by atoms with van der Waals surface area (Å²) in [5.74, 6) is -0.00836. The summed E-state index contributed by atoms with van der Waals surface area (Å²) in [5.41, 5.74) is 10.1. The van der Waals surface area contributed by atoms with Crippen molar-refractivity contribution in [3.8, 4) is 0 Å². The van der Waals surface area contributed by atoms with Crippen molar-refractivity contribution in [2.75, 3.05) is 17.7 Å². The van der Waals surface area contributed by atoms with Crippen molar-refractivity contribution in [2.45, 2.75) is 13.8 Å². The molecule has 0 aliphatic rings. The second-order valence-electron chi connectivity index (χ2n) is 4.70. The van der Waals surface area contributed by atoms with Crippen LogP contribution in [0, 0.1) is 13.8 Å². The lowest BCUT2D eigenvalue weighted by Gasteiger charge is -2.19. The minimum Gasteiger partial charge on any atom is -0.399 e. The Morgan fingerprint density at radius 1 is 1.05 bits per heavy atom. The molecule has 0 fully saturated rings. The van der Waals surface area contributed by atoms with Crippen LogP contribution in [-0.2, 0) is 0 Å². The second-order valence-corrected chi connectivity index (χ2v) is 4.70. The third-order valence-electron chi connectivity index (χ3n) is 3.42. The molecule has 0 bridgehead atoms. The van der Waals surface area contributed by atoms with E-state index in [0.717, 1.165) is 22.4 Å². The number of carbonyl (C=O) groups excluding carboxylic acids is 1. The van der Waals surface area contributed by atoms with Crippen molar-refractivity contribution in [2.24, 2.45) is 0 Å². The summed E-state index contributed by atoms with van der Waals surface area (Å²) in [7, 11) is 1.77. The van der Waals surface area contributed by atoms with E-state index in [4.69, 9.17) is 5.73 Å². The molecule has 2 aromatic rings. The van der Waals surface area contributed by atoms with E-state index in [0.29, 0.717) is 5.69 Å². The predicted octanol–water partition coefficient (Wildman–Crippen LogP) is 3.16. The highest BCUT2D eigenvalue weighted by Crippen LogP contribution is 2.20. The Hall–Kier alpha value is -2.29. The highest BCUT2D eigenvalue weighted by atomic mass is 16.2. The zero-order chi connectivity index (χ0) is 14.0. The van der Waals surface area contributed by atoms with Gasteiger partial charge in [-0.25, -0.2) is 0 Å². The van der Waals surface area contributed by atoms with E-state index in [1.807, 2.05) is 44.2 Å². The van der Waals surface area contributed by atoms with Crippen LogP contribution in [0.2, 0.25) is 0 Å². The van der Waals surface area contributed by atoms with Gasteiger partial charge in [0.15, 0.2) is 0 Å². The third-order valence-corrected chi connectivity index (χ3v) is 3.42. The Bertz CT molecular complexity index is 603. The van der Waals surface area contributed by atoms with Crippen molar-refractivity contribution in [1.82, 2.24) is 0 Å². The molecule has 19 heavy (non-hydrogen) atoms. The van der Waals surface area contributed by atoms with Gasteiger partial charge in [0.2, 0.25) is 0 Å². The van der Waals surface area contributed by atoms with Gasteiger partial charge in [-0.05, 0) is 55.3 Å². The van der Waals surface area contributed by atoms with Gasteiger partial charge in [0, 0.05) is 24.0 Å². The molecule has 2 rings (SSSR count). The number of aryl methyl sites for hydroxylation is 1. The first kappa shape index (κ1) is 13.1. The van der Waals surface area contributed by atoms with Gasteiger partial charge >= 0.3 is 0 Å². The lowest BCUT2D eigenvalue weighted by molar-refractivity contribution is 0.0992. The molecule has 0 heterocycles. The molecule has 0 aliphatic carbocycles. The van der Waals surface area contributed by atoms with Crippen LogP contribution in [-0.4, -0.2) is 13.0 Å². The zero-order valence-electron chi connectivity index (χ0n) is 11.5. The second kappa shape index (κ2) is 5.14. The van der Waals surface area contributed by atoms with Gasteiger partial charge in [-0.1, -0.05) is 12.1 Å². The van der Waals surface area contributed by atoms with E-state index < -0.39 is 0 Å². The van der Waals surface area contributed by atoms with Gasteiger partial charge in [0.25, 0.3) is 5.91 Å². The first-order valence-electron chi connectivity index (χ1n) is 6.20. The number of anilines is 2. The monoisotopic (exact) mass is 254 g/mol. The van der Waals surface area contributed by atoms with Crippen molar-refractivity contribution in [3.05, 3.63) is 59.2 Å². The van der Waals surface area contributed by atoms with E-state index >= 15 is 0 Å². The van der Waals surface area contributed by atoms with Crippen LogP contribution in [0.1, 0.15) is 21.5 Å². The van der Waals surface area contributed by atoms with Gasteiger partial charge in [-0.2, -0.15) is 0 Å². The number of amides is 1. The van der Waals surface area contributed by atoms with Crippen LogP contribution in [0.25, 0.3) is 0 Å². The number of hydrogen-bond donors (Lipinski definition) is 1. The number of hydrogen-bond acceptors (Lipinski definition) is 2. The number of rotatable bonds is 2. The molecule has 0 radical (unpaired) electrons. The van der Waals surface area contributed by atoms with Gasteiger partial charge in [0.05, 0.1) is 0 Å². The van der Waals surface area contributed by atoms with Gasteiger partial charge in [0.1, 0.15) is 0 Å². The quantitative estimate of drug-likeness (QED) is 0.837. The Balaban J connectivity index is 2.33. The van der Waals surface area contributed by atoms with E-state index in [1.165, 1.54) is 0 Å². The van der Waals surface area contributed by atoms with Crippen LogP contribution in [0.4, 0.5) is 11.4 Å². The van der Waals surface area contributed by atoms with Gasteiger partial charge in [-0.3, -0.25) is 4.79 Å². The molecule has 0 saturated heterocycles. The number of benzene rings is 2. The first-order chi connectivity index (χ1) is 9.00. The van der Waals surface area contributed by atoms with Crippen LogP contribution in [0.3, 0.4) is 0 Å². The average molecular weight is 254 g/mol. The maximum Gasteiger partial charge on any atom is 0.258 e. The van der Waals surface area contributed by atoms with Crippen molar-refractivity contribution >= 4 is 17.3 Å². The highest BCUT2D eigenvalue weighted by molar-refractivity contribution is 6.06. The SMILES string of the molecule is Cc1cccc(C(=O)N(C)c2ccc(N)cc2)c1C. The topological polar surface area (TPSA) is 46.3 Å². The lowest BCUT2D eigenvalue weighted by Crippen LogP contribution is -2.27. The lowest BCUT2D eigenvalue weighted by atomic mass is 10.0. The molecule has 3 heteroatoms. The largest absolute Gasteiger partial charge is 0.399 e. The Morgan fingerprint density at radius 3 is 2.32 bits per heavy atom. The first-order valence-corrected chi connectivity index (χ1v) is 6.20. The van der Waals surface area contributed by atoms with Crippen LogP contribution in [0.15, 0.2) is 42.5 Å². The molecule has 0 saturated carbocycles. The summed E-state index contributed by atoms with van der Waals surface area (Å²) in [5, 5.41) is 0. The fraction of sp³-hybridized carbons (Fsp3) is 0.188. The predicted molar refractivity (Wildman–Crippen MR) is 79.5 cm³/mol. The van der Waals surface area contributed by atoms with Crippen molar-refractivity contribution < 1.29 is 4.79 Å². The van der Waals surface area contributed by atoms with Crippen LogP contribution in [0.5, 0.6) is 0 Å². The molecule has 3 nitrogen and oxygen atoms in total. The molecule has 0 atom stereocenters. The highest BCUT2D eigenvalue weighted by Gasteiger charge is 2.16. The van der Waals surface area contributed by atoms with Crippen molar-refractivity contribution in [3.63, 3.8) is 0 Å². The summed E-state index contributed by atoms with van der Waals surface area (Å²) in [6.07, 6.45) is 0. The molecule has 2 aromatic carbocycles. The Morgan fingerprint density at radius 2 is 1.68 bits per heavy atom. The maximum absolute atomic E-state index is 12.5. The Labute approximate surface area is 113 Å². The summed E-state index contributed by atoms with van der Waals surface area (Å²) in [6, 6.07) is 13.1. The smallest absolute Gasteiger partial charge is 0.258 e. The third kappa shape index (κ3) is 2.60. The van der Waals surface area contributed by atoms with Crippen molar-refractivity contribution in [1.29, 1.82) is 0 Å². The number of nitrogen functional groups attached to an aromatic ring is 1. The molecule has 0 spiro atoms. The molecule has 2 N–H and O–H groups in total. The van der Waals surface area contributed by atoms with Crippen LogP contribution < -0.4 is 10.6 Å². The Kier molecular flexibility index (Phi) is 3.56. The minimum atomic E-state index is -0.00836. The van der Waals surface area contributed by atoms with Gasteiger partial charge in [-0.15, -0.1) is 0 Å². The number of nitrogens with two attached hydrogens (primary N) is 1. The molecule has 0 aliphatic heterocycles. The number of carbonyl (C=O) groups is 1. The minimum absolute atomic E-state index is 0.00836. The van der Waals surface area contributed by atoms with E-state index in [2.05, 4.69) is 0 Å². The summed E-state index contributed by atoms with van der Waals surface area (Å²) >= 11 is 0. The maximum atomic E-state index is 12.5. The average Bonchev–Trinajstić information content (AvgIpc) is 2.41. The molecule has 0 unspecified atom stereocenters. The fourth-order valence-electron chi connectivity index (χ4n) is 1.98. The van der Waals surface area contributed by atoms with Crippen LogP contribution >= 0.6 is 0 Å². The summed E-state index contributed by atoms with van der Waals surface area (Å²) in [4.78, 5) is 14.1. The van der Waals surface area contributed by atoms with E-state index in [1.54, 1.807) is 24.1 Å². The zero-order valence-corrected chi connectivity index (χ0v) is 11.5. The van der Waals surface area contributed by atoms with E-state index in [-0.39, 0.29) is 5.91 Å². The standard InChI is InChI=1S/C16H18N2O/c1-11-5-4-6-15(12(11)2)16(19)18(3)14-9-7-13(17)8-10-14/h4-10H,17H2,1-3H3. The number of nitrogens with zero attached hydrogens (tertiary/aromatic N) is 1. The summed E-state index contributed by atoms with van der Waals surface area (Å²) in [6.45, 7) is 3.98. The molecular weight excluding hydrogens is 236 g/mol. The van der Waals surface area contributed by atoms with E-state index in [9.17, 15) is 4.79 Å².